The Morgan fingerprint density at radius 2 is 1.90 bits per heavy atom. The van der Waals surface area contributed by atoms with E-state index in [1.807, 2.05) is 19.1 Å². The lowest BCUT2D eigenvalue weighted by molar-refractivity contribution is 0.372. The molecule has 3 nitrogen and oxygen atoms in total. The zero-order chi connectivity index (χ0) is 15.3. The van der Waals surface area contributed by atoms with Gasteiger partial charge in [-0.3, -0.25) is 0 Å². The second-order valence-corrected chi connectivity index (χ2v) is 6.29. The van der Waals surface area contributed by atoms with E-state index in [1.54, 1.807) is 0 Å². The van der Waals surface area contributed by atoms with Crippen LogP contribution < -0.4 is 10.6 Å². The van der Waals surface area contributed by atoms with Crippen molar-refractivity contribution in [1.29, 1.82) is 0 Å². The number of benzene rings is 1. The van der Waals surface area contributed by atoms with Gasteiger partial charge in [0.15, 0.2) is 0 Å². The summed E-state index contributed by atoms with van der Waals surface area (Å²) < 4.78 is 0. The lowest BCUT2D eigenvalue weighted by Crippen LogP contribution is -2.40. The number of anilines is 1. The molecule has 2 N–H and O–H groups in total. The van der Waals surface area contributed by atoms with Crippen molar-refractivity contribution in [1.82, 2.24) is 4.90 Å². The molecule has 0 amide bonds. The number of halogens is 1. The predicted octanol–water partition coefficient (Wildman–Crippen LogP) is 3.01. The van der Waals surface area contributed by atoms with Gasteiger partial charge in [0.1, 0.15) is 0 Å². The van der Waals surface area contributed by atoms with Gasteiger partial charge in [-0.05, 0) is 65.0 Å². The van der Waals surface area contributed by atoms with Gasteiger partial charge < -0.3 is 15.5 Å². The van der Waals surface area contributed by atoms with Crippen molar-refractivity contribution >= 4 is 17.3 Å². The van der Waals surface area contributed by atoms with Crippen molar-refractivity contribution in [2.45, 2.75) is 39.3 Å². The van der Waals surface area contributed by atoms with Crippen LogP contribution in [0.4, 0.5) is 5.69 Å². The van der Waals surface area contributed by atoms with Gasteiger partial charge >= 0.3 is 0 Å². The molecule has 0 aromatic heterocycles. The highest BCUT2D eigenvalue weighted by atomic mass is 35.5. The third kappa shape index (κ3) is 4.97. The molecule has 1 aromatic rings. The Kier molecular flexibility index (Phi) is 6.80. The minimum Gasteiger partial charge on any atom is -0.368 e. The standard InChI is InChI=1S/C16H28ClN3/c1-6-20(13(3)11-19(4)5)16-8-7-15(17)10-14(16)9-12(2)18/h7-8,10,12-13H,6,9,11,18H2,1-5H3. The molecule has 1 aromatic carbocycles. The van der Waals surface area contributed by atoms with E-state index in [9.17, 15) is 0 Å². The van der Waals surface area contributed by atoms with Crippen LogP contribution in [0.3, 0.4) is 0 Å². The van der Waals surface area contributed by atoms with Crippen LogP contribution in [-0.2, 0) is 6.42 Å². The van der Waals surface area contributed by atoms with E-state index in [0.717, 1.165) is 24.5 Å². The maximum absolute atomic E-state index is 6.14. The first-order valence-electron chi connectivity index (χ1n) is 7.30. The molecule has 114 valence electrons. The monoisotopic (exact) mass is 297 g/mol. The van der Waals surface area contributed by atoms with E-state index in [2.05, 4.69) is 43.8 Å². The van der Waals surface area contributed by atoms with Crippen LogP contribution in [-0.4, -0.2) is 44.2 Å². The fourth-order valence-electron chi connectivity index (χ4n) is 2.69. The van der Waals surface area contributed by atoms with Gasteiger partial charge in [0.25, 0.3) is 0 Å². The number of hydrogen-bond acceptors (Lipinski definition) is 3. The predicted molar refractivity (Wildman–Crippen MR) is 89.8 cm³/mol. The average molecular weight is 298 g/mol. The van der Waals surface area contributed by atoms with Crippen LogP contribution in [0.15, 0.2) is 18.2 Å². The van der Waals surface area contributed by atoms with Crippen molar-refractivity contribution in [3.63, 3.8) is 0 Å². The molecule has 0 spiro atoms. The first kappa shape index (κ1) is 17.3. The summed E-state index contributed by atoms with van der Waals surface area (Å²) in [4.78, 5) is 4.64. The summed E-state index contributed by atoms with van der Waals surface area (Å²) in [7, 11) is 4.21. The molecular formula is C16H28ClN3. The molecule has 0 aliphatic carbocycles. The van der Waals surface area contributed by atoms with Crippen molar-refractivity contribution < 1.29 is 0 Å². The zero-order valence-electron chi connectivity index (χ0n) is 13.4. The van der Waals surface area contributed by atoms with Gasteiger partial charge in [-0.1, -0.05) is 11.6 Å². The van der Waals surface area contributed by atoms with E-state index in [0.29, 0.717) is 6.04 Å². The Labute approximate surface area is 128 Å². The van der Waals surface area contributed by atoms with Crippen molar-refractivity contribution in [3.8, 4) is 0 Å². The fourth-order valence-corrected chi connectivity index (χ4v) is 2.89. The minimum atomic E-state index is 0.134. The first-order chi connectivity index (χ1) is 9.35. The summed E-state index contributed by atoms with van der Waals surface area (Å²) in [5, 5.41) is 0.778. The van der Waals surface area contributed by atoms with Crippen LogP contribution in [0.25, 0.3) is 0 Å². The second-order valence-electron chi connectivity index (χ2n) is 5.85. The molecule has 2 unspecified atom stereocenters. The molecule has 0 saturated carbocycles. The summed E-state index contributed by atoms with van der Waals surface area (Å²) in [6.45, 7) is 8.48. The molecule has 0 aliphatic rings. The first-order valence-corrected chi connectivity index (χ1v) is 7.68. The van der Waals surface area contributed by atoms with Gasteiger partial charge in [0.05, 0.1) is 0 Å². The van der Waals surface area contributed by atoms with Crippen LogP contribution in [0.2, 0.25) is 5.02 Å². The van der Waals surface area contributed by atoms with E-state index in [4.69, 9.17) is 17.3 Å². The van der Waals surface area contributed by atoms with E-state index in [1.165, 1.54) is 11.3 Å². The smallest absolute Gasteiger partial charge is 0.0410 e. The Hall–Kier alpha value is -0.770. The number of nitrogens with zero attached hydrogens (tertiary/aromatic N) is 2. The Morgan fingerprint density at radius 3 is 2.40 bits per heavy atom. The van der Waals surface area contributed by atoms with E-state index < -0.39 is 0 Å². The van der Waals surface area contributed by atoms with Crippen molar-refractivity contribution in [3.05, 3.63) is 28.8 Å². The molecule has 0 saturated heterocycles. The molecule has 0 aliphatic heterocycles. The molecule has 20 heavy (non-hydrogen) atoms. The molecule has 2 atom stereocenters. The topological polar surface area (TPSA) is 32.5 Å². The third-order valence-electron chi connectivity index (χ3n) is 3.39. The molecular weight excluding hydrogens is 270 g/mol. The molecule has 0 fully saturated rings. The quantitative estimate of drug-likeness (QED) is 0.840. The second kappa shape index (κ2) is 7.87. The SMILES string of the molecule is CCN(c1ccc(Cl)cc1CC(C)N)C(C)CN(C)C. The fraction of sp³-hybridized carbons (Fsp3) is 0.625. The normalized spacial score (nSPS) is 14.4. The van der Waals surface area contributed by atoms with Crippen LogP contribution in [0, 0.1) is 0 Å². The zero-order valence-corrected chi connectivity index (χ0v) is 14.1. The maximum atomic E-state index is 6.14. The highest BCUT2D eigenvalue weighted by molar-refractivity contribution is 6.30. The van der Waals surface area contributed by atoms with Gasteiger partial charge in [-0.25, -0.2) is 0 Å². The molecule has 4 heteroatoms. The highest BCUT2D eigenvalue weighted by Crippen LogP contribution is 2.27. The van der Waals surface area contributed by atoms with Crippen LogP contribution in [0.5, 0.6) is 0 Å². The Bertz CT molecular complexity index is 418. The molecule has 1 rings (SSSR count). The summed E-state index contributed by atoms with van der Waals surface area (Å²) in [5.41, 5.74) is 8.46. The summed E-state index contributed by atoms with van der Waals surface area (Å²) in [5.74, 6) is 0. The number of rotatable bonds is 7. The van der Waals surface area contributed by atoms with Gasteiger partial charge in [0.2, 0.25) is 0 Å². The maximum Gasteiger partial charge on any atom is 0.0410 e. The number of nitrogens with two attached hydrogens (primary N) is 1. The van der Waals surface area contributed by atoms with Gasteiger partial charge in [-0.15, -0.1) is 0 Å². The lowest BCUT2D eigenvalue weighted by Gasteiger charge is -2.34. The Morgan fingerprint density at radius 1 is 1.25 bits per heavy atom. The van der Waals surface area contributed by atoms with Crippen molar-refractivity contribution in [2.24, 2.45) is 5.73 Å². The largest absolute Gasteiger partial charge is 0.368 e. The van der Waals surface area contributed by atoms with Gasteiger partial charge in [0, 0.05) is 35.9 Å². The summed E-state index contributed by atoms with van der Waals surface area (Å²) in [6.07, 6.45) is 0.848. The summed E-state index contributed by atoms with van der Waals surface area (Å²) >= 11 is 6.14. The van der Waals surface area contributed by atoms with Crippen LogP contribution >= 0.6 is 11.6 Å². The van der Waals surface area contributed by atoms with Gasteiger partial charge in [-0.2, -0.15) is 0 Å². The van der Waals surface area contributed by atoms with Crippen LogP contribution in [0.1, 0.15) is 26.3 Å². The Balaban J connectivity index is 3.07. The molecule has 0 radical (unpaired) electrons. The molecule has 0 bridgehead atoms. The lowest BCUT2D eigenvalue weighted by atomic mass is 10.0. The average Bonchev–Trinajstić information content (AvgIpc) is 2.31. The molecule has 0 heterocycles. The summed E-state index contributed by atoms with van der Waals surface area (Å²) in [6, 6.07) is 6.71. The minimum absolute atomic E-state index is 0.134. The number of hydrogen-bond donors (Lipinski definition) is 1. The van der Waals surface area contributed by atoms with E-state index >= 15 is 0 Å². The van der Waals surface area contributed by atoms with Crippen molar-refractivity contribution in [2.75, 3.05) is 32.1 Å². The van der Waals surface area contributed by atoms with E-state index in [-0.39, 0.29) is 6.04 Å². The number of likely N-dealkylation sites (N-methyl/N-ethyl adjacent to an activating group) is 2. The highest BCUT2D eigenvalue weighted by Gasteiger charge is 2.17. The third-order valence-corrected chi connectivity index (χ3v) is 3.63.